The molecule has 0 radical (unpaired) electrons. The average Bonchev–Trinajstić information content (AvgIpc) is 3.34. The van der Waals surface area contributed by atoms with Crippen LogP contribution in [0.3, 0.4) is 0 Å². The third kappa shape index (κ3) is 3.69. The first kappa shape index (κ1) is 21.8. The third-order valence-electron chi connectivity index (χ3n) is 5.98. The first-order chi connectivity index (χ1) is 15.2. The van der Waals surface area contributed by atoms with Gasteiger partial charge in [0.15, 0.2) is 0 Å². The topological polar surface area (TPSA) is 115 Å². The van der Waals surface area contributed by atoms with Crippen molar-refractivity contribution in [3.63, 3.8) is 0 Å². The van der Waals surface area contributed by atoms with Crippen molar-refractivity contribution in [3.8, 4) is 5.69 Å². The van der Waals surface area contributed by atoms with Gasteiger partial charge < -0.3 is 4.57 Å². The SMILES string of the molecule is Cc1cc(/C=C2/C(=O)NC(=O)N(C3CCCC3)C2=O)c(C)n1-c1ccc(Cl)c([N+](=O)[O-])c1. The average molecular weight is 457 g/mol. The Morgan fingerprint density at radius 1 is 1.16 bits per heavy atom. The van der Waals surface area contributed by atoms with Gasteiger partial charge in [0.2, 0.25) is 0 Å². The number of amides is 4. The lowest BCUT2D eigenvalue weighted by molar-refractivity contribution is -0.384. The highest BCUT2D eigenvalue weighted by molar-refractivity contribution is 6.32. The van der Waals surface area contributed by atoms with Gasteiger partial charge in [-0.2, -0.15) is 0 Å². The first-order valence-electron chi connectivity index (χ1n) is 10.2. The Kier molecular flexibility index (Phi) is 5.60. The zero-order valence-electron chi connectivity index (χ0n) is 17.6. The summed E-state index contributed by atoms with van der Waals surface area (Å²) in [6.45, 7) is 3.59. The Hall–Kier alpha value is -3.46. The number of nitro groups is 1. The van der Waals surface area contributed by atoms with Crippen LogP contribution in [0.4, 0.5) is 10.5 Å². The van der Waals surface area contributed by atoms with Crippen LogP contribution >= 0.6 is 11.6 Å². The van der Waals surface area contributed by atoms with Crippen molar-refractivity contribution in [2.24, 2.45) is 0 Å². The van der Waals surface area contributed by atoms with Crippen LogP contribution in [0.2, 0.25) is 5.02 Å². The minimum absolute atomic E-state index is 0.0321. The van der Waals surface area contributed by atoms with E-state index in [0.717, 1.165) is 36.3 Å². The number of carbonyl (C=O) groups excluding carboxylic acids is 3. The molecule has 166 valence electrons. The van der Waals surface area contributed by atoms with E-state index in [9.17, 15) is 24.5 Å². The van der Waals surface area contributed by atoms with Crippen LogP contribution in [0.1, 0.15) is 42.6 Å². The van der Waals surface area contributed by atoms with E-state index in [4.69, 9.17) is 11.6 Å². The number of urea groups is 1. The van der Waals surface area contributed by atoms with Crippen molar-refractivity contribution in [1.29, 1.82) is 0 Å². The highest BCUT2D eigenvalue weighted by atomic mass is 35.5. The normalized spacial score (nSPS) is 18.5. The number of nitrogens with zero attached hydrogens (tertiary/aromatic N) is 3. The Morgan fingerprint density at radius 3 is 2.50 bits per heavy atom. The van der Waals surface area contributed by atoms with Crippen molar-refractivity contribution < 1.29 is 19.3 Å². The minimum Gasteiger partial charge on any atom is -0.318 e. The molecule has 2 aromatic rings. The number of nitro benzene ring substituents is 1. The Bertz CT molecular complexity index is 1190. The van der Waals surface area contributed by atoms with Crippen LogP contribution in [0, 0.1) is 24.0 Å². The second-order valence-electron chi connectivity index (χ2n) is 7.99. The fourth-order valence-corrected chi connectivity index (χ4v) is 4.62. The highest BCUT2D eigenvalue weighted by Crippen LogP contribution is 2.31. The summed E-state index contributed by atoms with van der Waals surface area (Å²) in [6, 6.07) is 5.38. The number of benzene rings is 1. The molecule has 1 aliphatic heterocycles. The smallest absolute Gasteiger partial charge is 0.318 e. The summed E-state index contributed by atoms with van der Waals surface area (Å²) < 4.78 is 1.78. The van der Waals surface area contributed by atoms with Gasteiger partial charge in [-0.05, 0) is 56.5 Å². The molecular formula is C22H21ClN4O5. The molecule has 2 aliphatic rings. The van der Waals surface area contributed by atoms with Gasteiger partial charge in [-0.15, -0.1) is 0 Å². The molecule has 0 spiro atoms. The lowest BCUT2D eigenvalue weighted by Crippen LogP contribution is -2.57. The lowest BCUT2D eigenvalue weighted by atomic mass is 10.1. The van der Waals surface area contributed by atoms with E-state index in [2.05, 4.69) is 5.32 Å². The van der Waals surface area contributed by atoms with Gasteiger partial charge in [0.05, 0.1) is 10.6 Å². The monoisotopic (exact) mass is 456 g/mol. The van der Waals surface area contributed by atoms with Crippen molar-refractivity contribution >= 4 is 41.2 Å². The van der Waals surface area contributed by atoms with Gasteiger partial charge >= 0.3 is 6.03 Å². The number of rotatable bonds is 4. The molecule has 4 rings (SSSR count). The molecule has 1 N–H and O–H groups in total. The predicted octanol–water partition coefficient (Wildman–Crippen LogP) is 4.06. The largest absolute Gasteiger partial charge is 0.331 e. The summed E-state index contributed by atoms with van der Waals surface area (Å²) in [5.74, 6) is -1.33. The van der Waals surface area contributed by atoms with Crippen molar-refractivity contribution in [1.82, 2.24) is 14.8 Å². The van der Waals surface area contributed by atoms with Gasteiger partial charge in [0.25, 0.3) is 17.5 Å². The Labute approximate surface area is 188 Å². The maximum absolute atomic E-state index is 13.0. The van der Waals surface area contributed by atoms with Crippen LogP contribution in [0.15, 0.2) is 29.8 Å². The van der Waals surface area contributed by atoms with Gasteiger partial charge in [0, 0.05) is 23.5 Å². The van der Waals surface area contributed by atoms with E-state index in [1.807, 2.05) is 6.92 Å². The molecule has 0 atom stereocenters. The number of barbiturate groups is 1. The summed E-state index contributed by atoms with van der Waals surface area (Å²) >= 11 is 5.93. The second kappa shape index (κ2) is 8.23. The number of imide groups is 2. The van der Waals surface area contributed by atoms with Crippen LogP contribution in [0.5, 0.6) is 0 Å². The summed E-state index contributed by atoms with van der Waals surface area (Å²) in [4.78, 5) is 49.7. The molecule has 2 heterocycles. The molecule has 10 heteroatoms. The summed E-state index contributed by atoms with van der Waals surface area (Å²) in [5, 5.41) is 13.6. The van der Waals surface area contributed by atoms with Crippen LogP contribution in [0.25, 0.3) is 11.8 Å². The number of aromatic nitrogens is 1. The standard InChI is InChI=1S/C22H21ClN4O5/c1-12-9-14(13(2)25(12)16-7-8-18(23)19(11-16)27(31)32)10-17-20(28)24-22(30)26(21(17)29)15-5-3-4-6-15/h7-11,15H,3-6H2,1-2H3,(H,24,28,30)/b17-10-. The Morgan fingerprint density at radius 2 is 1.84 bits per heavy atom. The maximum atomic E-state index is 13.0. The maximum Gasteiger partial charge on any atom is 0.331 e. The second-order valence-corrected chi connectivity index (χ2v) is 8.39. The number of hydrogen-bond acceptors (Lipinski definition) is 5. The van der Waals surface area contributed by atoms with Crippen molar-refractivity contribution in [3.05, 3.63) is 61.9 Å². The molecule has 0 bridgehead atoms. The van der Waals surface area contributed by atoms with E-state index < -0.39 is 22.8 Å². The Balaban J connectivity index is 1.74. The van der Waals surface area contributed by atoms with Crippen molar-refractivity contribution in [2.45, 2.75) is 45.6 Å². The van der Waals surface area contributed by atoms with E-state index >= 15 is 0 Å². The molecule has 4 amide bonds. The summed E-state index contributed by atoms with van der Waals surface area (Å²) in [6.07, 6.45) is 4.79. The number of halogens is 1. The lowest BCUT2D eigenvalue weighted by Gasteiger charge is -2.31. The third-order valence-corrected chi connectivity index (χ3v) is 6.30. The van der Waals surface area contributed by atoms with E-state index in [0.29, 0.717) is 16.9 Å². The molecule has 1 aromatic heterocycles. The summed E-state index contributed by atoms with van der Waals surface area (Å²) in [5.41, 5.74) is 2.22. The molecular weight excluding hydrogens is 436 g/mol. The highest BCUT2D eigenvalue weighted by Gasteiger charge is 2.40. The zero-order valence-corrected chi connectivity index (χ0v) is 18.3. The van der Waals surface area contributed by atoms with Crippen LogP contribution < -0.4 is 5.32 Å². The van der Waals surface area contributed by atoms with Gasteiger partial charge in [-0.25, -0.2) is 4.79 Å². The number of aryl methyl sites for hydroxylation is 1. The minimum atomic E-state index is -0.735. The number of nitrogens with one attached hydrogen (secondary N) is 1. The van der Waals surface area contributed by atoms with Crippen LogP contribution in [-0.4, -0.2) is 38.3 Å². The molecule has 1 saturated carbocycles. The molecule has 1 aliphatic carbocycles. The molecule has 1 saturated heterocycles. The number of hydrogen-bond donors (Lipinski definition) is 1. The zero-order chi connectivity index (χ0) is 23.2. The van der Waals surface area contributed by atoms with Crippen LogP contribution in [-0.2, 0) is 9.59 Å². The summed E-state index contributed by atoms with van der Waals surface area (Å²) in [7, 11) is 0. The molecule has 1 aromatic carbocycles. The van der Waals surface area contributed by atoms with E-state index in [1.54, 1.807) is 23.6 Å². The molecule has 32 heavy (non-hydrogen) atoms. The first-order valence-corrected chi connectivity index (χ1v) is 10.6. The van der Waals surface area contributed by atoms with Crippen molar-refractivity contribution in [2.75, 3.05) is 0 Å². The fourth-order valence-electron chi connectivity index (χ4n) is 4.43. The van der Waals surface area contributed by atoms with Gasteiger partial charge in [0.1, 0.15) is 10.6 Å². The van der Waals surface area contributed by atoms with Gasteiger partial charge in [-0.3, -0.25) is 29.9 Å². The van der Waals surface area contributed by atoms with E-state index in [-0.39, 0.29) is 22.3 Å². The predicted molar refractivity (Wildman–Crippen MR) is 118 cm³/mol. The molecule has 0 unspecified atom stereocenters. The quantitative estimate of drug-likeness (QED) is 0.322. The van der Waals surface area contributed by atoms with Gasteiger partial charge in [-0.1, -0.05) is 24.4 Å². The molecule has 9 nitrogen and oxygen atoms in total. The molecule has 2 fully saturated rings. The van der Waals surface area contributed by atoms with E-state index in [1.165, 1.54) is 18.2 Å². The fraction of sp³-hybridized carbons (Fsp3) is 0.318. The number of carbonyl (C=O) groups is 3.